The summed E-state index contributed by atoms with van der Waals surface area (Å²) in [6.45, 7) is 14.4. The van der Waals surface area contributed by atoms with E-state index in [1.807, 2.05) is 57.2 Å². The molecule has 12 rings (SSSR count). The van der Waals surface area contributed by atoms with Crippen molar-refractivity contribution in [2.75, 3.05) is 19.6 Å². The van der Waals surface area contributed by atoms with Crippen LogP contribution in [0.3, 0.4) is 0 Å². The smallest absolute Gasteiger partial charge is 0.328 e. The van der Waals surface area contributed by atoms with Gasteiger partial charge in [-0.2, -0.15) is 15.3 Å². The molecule has 0 bridgehead atoms. The van der Waals surface area contributed by atoms with Crippen molar-refractivity contribution in [1.82, 2.24) is 45.3 Å². The molecule has 0 aliphatic carbocycles. The van der Waals surface area contributed by atoms with Gasteiger partial charge in [0.05, 0.1) is 53.3 Å². The van der Waals surface area contributed by atoms with Gasteiger partial charge >= 0.3 is 17.9 Å². The maximum atomic E-state index is 15.3. The van der Waals surface area contributed by atoms with Crippen LogP contribution in [0.1, 0.15) is 147 Å². The molecule has 6 heterocycles. The topological polar surface area (TPSA) is 208 Å². The molecule has 504 valence electrons. The summed E-state index contributed by atoms with van der Waals surface area (Å²) in [7, 11) is 0. The number of benzene rings is 6. The fraction of sp³-hybridized carbons (Fsp3) is 0.333. The zero-order valence-electron chi connectivity index (χ0n) is 54.0. The van der Waals surface area contributed by atoms with Gasteiger partial charge in [-0.3, -0.25) is 30.0 Å². The van der Waals surface area contributed by atoms with Crippen molar-refractivity contribution in [2.24, 2.45) is 0 Å². The second kappa shape index (κ2) is 27.4. The Hall–Kier alpha value is -9.39. The highest BCUT2D eigenvalue weighted by Crippen LogP contribution is 2.47. The second-order valence-corrected chi connectivity index (χ2v) is 26.6. The van der Waals surface area contributed by atoms with Crippen LogP contribution in [0.15, 0.2) is 110 Å². The van der Waals surface area contributed by atoms with Crippen molar-refractivity contribution in [3.05, 3.63) is 211 Å². The fourth-order valence-electron chi connectivity index (χ4n) is 13.7. The van der Waals surface area contributed by atoms with Gasteiger partial charge in [-0.05, 0) is 204 Å². The Morgan fingerprint density at radius 3 is 0.875 bits per heavy atom. The summed E-state index contributed by atoms with van der Waals surface area (Å²) in [5.41, 5.74) is 2.34. The monoisotopic (exact) mass is 1330 g/mol. The van der Waals surface area contributed by atoms with Gasteiger partial charge in [0.15, 0.2) is 0 Å². The van der Waals surface area contributed by atoms with Gasteiger partial charge in [-0.1, -0.05) is 18.2 Å². The van der Waals surface area contributed by atoms with Crippen LogP contribution < -0.4 is 0 Å². The summed E-state index contributed by atoms with van der Waals surface area (Å²) in [6.07, 6.45) is 12.7. The van der Waals surface area contributed by atoms with Gasteiger partial charge in [0, 0.05) is 88.8 Å². The third-order valence-electron chi connectivity index (χ3n) is 17.4. The lowest BCUT2D eigenvalue weighted by atomic mass is 9.82. The molecule has 0 fully saturated rings. The molecule has 0 saturated carbocycles. The second-order valence-electron chi connectivity index (χ2n) is 26.6. The normalized spacial score (nSPS) is 19.6. The summed E-state index contributed by atoms with van der Waals surface area (Å²) in [6, 6.07) is 14.4. The van der Waals surface area contributed by atoms with Crippen molar-refractivity contribution in [3.8, 4) is 0 Å². The first-order valence-corrected chi connectivity index (χ1v) is 31.0. The van der Waals surface area contributed by atoms with E-state index >= 15 is 26.3 Å². The number of halogens is 9. The zero-order valence-corrected chi connectivity index (χ0v) is 54.0. The molecule has 0 radical (unpaired) electrons. The van der Waals surface area contributed by atoms with E-state index in [4.69, 9.17) is 15.3 Å². The van der Waals surface area contributed by atoms with E-state index in [0.717, 1.165) is 122 Å². The molecule has 15 nitrogen and oxygen atoms in total. The standard InChI is InChI=1S/3C24H24F3N3O2/c3*1-13-8-16-15(5-6-20-17(16)11-28-29-20)23(30(13)12-24(2,3)27)22-18(25)9-14(10-19(22)26)4-7-21(31)32/h3*4-7,9-11,13,23H,8,12H2,1-3H3,(H,28,29)(H,31,32)/b3*7-4+/t2*13-,23+;/m10./s1. The third kappa shape index (κ3) is 15.1. The van der Waals surface area contributed by atoms with Crippen LogP contribution in [-0.4, -0.2) is 133 Å². The molecule has 2 unspecified atom stereocenters. The number of nitrogens with zero attached hydrogens (tertiary/aromatic N) is 6. The van der Waals surface area contributed by atoms with Gasteiger partial charge in [0.25, 0.3) is 0 Å². The number of carboxylic acid groups (broad SMARTS) is 3. The summed E-state index contributed by atoms with van der Waals surface area (Å²) >= 11 is 0. The number of hydrogen-bond donors (Lipinski definition) is 6. The molecule has 6 N–H and O–H groups in total. The average molecular weight is 1330 g/mol. The lowest BCUT2D eigenvalue weighted by Crippen LogP contribution is -2.48. The largest absolute Gasteiger partial charge is 0.478 e. The van der Waals surface area contributed by atoms with Gasteiger partial charge in [-0.15, -0.1) is 0 Å². The number of aromatic amines is 3. The predicted molar refractivity (Wildman–Crippen MR) is 348 cm³/mol. The van der Waals surface area contributed by atoms with Crippen LogP contribution >= 0.6 is 0 Å². The molecule has 3 aliphatic rings. The quantitative estimate of drug-likeness (QED) is 0.0419. The molecule has 0 saturated heterocycles. The zero-order chi connectivity index (χ0) is 69.6. The number of rotatable bonds is 15. The Bertz CT molecular complexity index is 4020. The maximum absolute atomic E-state index is 15.3. The Morgan fingerprint density at radius 1 is 0.438 bits per heavy atom. The van der Waals surface area contributed by atoms with Crippen LogP contribution in [-0.2, 0) is 33.6 Å². The Balaban J connectivity index is 0.000000157. The van der Waals surface area contributed by atoms with E-state index in [2.05, 4.69) is 30.6 Å². The lowest BCUT2D eigenvalue weighted by Gasteiger charge is -2.44. The number of alkyl halides is 3. The number of fused-ring (bicyclic) bond motifs is 9. The first kappa shape index (κ1) is 69.4. The van der Waals surface area contributed by atoms with Crippen molar-refractivity contribution < 1.29 is 69.2 Å². The molecule has 6 atom stereocenters. The Morgan fingerprint density at radius 2 is 0.667 bits per heavy atom. The number of carboxylic acids is 3. The highest BCUT2D eigenvalue weighted by atomic mass is 19.2. The molecule has 9 aromatic rings. The number of carbonyl (C=O) groups is 3. The Kier molecular flexibility index (Phi) is 19.8. The van der Waals surface area contributed by atoms with Crippen molar-refractivity contribution >= 4 is 68.8 Å². The van der Waals surface area contributed by atoms with Gasteiger partial charge in [0.2, 0.25) is 0 Å². The molecule has 0 amide bonds. The van der Waals surface area contributed by atoms with Crippen molar-refractivity contribution in [2.45, 2.75) is 135 Å². The minimum atomic E-state index is -1.58. The highest BCUT2D eigenvalue weighted by molar-refractivity contribution is 5.88. The van der Waals surface area contributed by atoms with E-state index in [-0.39, 0.29) is 71.1 Å². The predicted octanol–water partition coefficient (Wildman–Crippen LogP) is 15.1. The SMILES string of the molecule is CC1Cc2c(ccc3[nH]ncc23)C(c2c(F)cc(/C=C/C(=O)O)cc2F)N1CC(C)(C)F.C[C@@H]1Cc2c(ccc3[nH]ncc23)[C@@H](c2c(F)cc(/C=C/C(=O)O)cc2F)N1CC(C)(C)F.C[C@H]1Cc2c(ccc3[nH]ncc23)[C@H](c2c(F)cc(/C=C/C(=O)O)cc2F)N1CC(C)(C)F. The van der Waals surface area contributed by atoms with Gasteiger partial charge in [0.1, 0.15) is 51.9 Å². The maximum Gasteiger partial charge on any atom is 0.328 e. The minimum absolute atomic E-state index is 0.0127. The number of nitrogens with one attached hydrogen (secondary N) is 3. The molecule has 6 aromatic carbocycles. The van der Waals surface area contributed by atoms with E-state index in [1.54, 1.807) is 33.3 Å². The molecule has 0 spiro atoms. The van der Waals surface area contributed by atoms with Gasteiger partial charge < -0.3 is 15.3 Å². The summed E-state index contributed by atoms with van der Waals surface area (Å²) in [4.78, 5) is 37.7. The molecule has 3 aromatic heterocycles. The first-order valence-electron chi connectivity index (χ1n) is 31.0. The van der Waals surface area contributed by atoms with Crippen LogP contribution in [0, 0.1) is 34.9 Å². The van der Waals surface area contributed by atoms with E-state index in [9.17, 15) is 27.6 Å². The van der Waals surface area contributed by atoms with Crippen molar-refractivity contribution in [3.63, 3.8) is 0 Å². The number of hydrogen-bond acceptors (Lipinski definition) is 9. The third-order valence-corrected chi connectivity index (χ3v) is 17.4. The molecule has 24 heteroatoms. The molecule has 3 aliphatic heterocycles. The van der Waals surface area contributed by atoms with E-state index in [0.29, 0.717) is 36.0 Å². The number of H-pyrrole nitrogens is 3. The molecule has 96 heavy (non-hydrogen) atoms. The lowest BCUT2D eigenvalue weighted by molar-refractivity contribution is -0.132. The van der Waals surface area contributed by atoms with Crippen LogP contribution in [0.2, 0.25) is 0 Å². The summed E-state index contributed by atoms with van der Waals surface area (Å²) in [5.74, 6) is -8.52. The Labute approximate surface area is 547 Å². The minimum Gasteiger partial charge on any atom is -0.478 e. The molecular formula is C72H72F9N9O6. The fourth-order valence-corrected chi connectivity index (χ4v) is 13.7. The van der Waals surface area contributed by atoms with Crippen LogP contribution in [0.5, 0.6) is 0 Å². The number of aromatic nitrogens is 6. The van der Waals surface area contributed by atoms with E-state index < -0.39 is 87.9 Å². The van der Waals surface area contributed by atoms with Crippen LogP contribution in [0.4, 0.5) is 39.5 Å². The van der Waals surface area contributed by atoms with Gasteiger partial charge in [-0.25, -0.2) is 53.9 Å². The summed E-state index contributed by atoms with van der Waals surface area (Å²) < 4.78 is 136. The summed E-state index contributed by atoms with van der Waals surface area (Å²) in [5, 5.41) is 50.0. The average Bonchev–Trinajstić information content (AvgIpc) is 1.16. The first-order chi connectivity index (χ1) is 45.1. The van der Waals surface area contributed by atoms with Crippen molar-refractivity contribution in [1.29, 1.82) is 0 Å². The highest BCUT2D eigenvalue weighted by Gasteiger charge is 2.43. The number of aliphatic carboxylic acids is 3. The molecular weight excluding hydrogens is 1260 g/mol. The van der Waals surface area contributed by atoms with E-state index in [1.165, 1.54) is 41.5 Å². The van der Waals surface area contributed by atoms with Crippen LogP contribution in [0.25, 0.3) is 50.9 Å².